The molecule has 0 radical (unpaired) electrons. The van der Waals surface area contributed by atoms with Crippen LogP contribution in [0.1, 0.15) is 33.6 Å². The zero-order valence-corrected chi connectivity index (χ0v) is 10.5. The molecular weight excluding hydrogens is 190 g/mol. The fraction of sp³-hybridized carbons (Fsp3) is 1.00. The Morgan fingerprint density at radius 2 is 2.21 bits per heavy atom. The van der Waals surface area contributed by atoms with Gasteiger partial charge in [0.05, 0.1) is 0 Å². The third-order valence-electron chi connectivity index (χ3n) is 4.10. The Labute approximate surface area is 92.4 Å². The Kier molecular flexibility index (Phi) is 3.13. The number of hydrogen-bond donors (Lipinski definition) is 1. The standard InChI is InChI=1S/C12H23NS/c1-9(2)11-7-13-5-4-12(11)6-10(3)14-8-12/h9-11,13H,4-8H2,1-3H3. The molecule has 2 rings (SSSR count). The van der Waals surface area contributed by atoms with Crippen LogP contribution in [-0.4, -0.2) is 24.1 Å². The molecule has 0 aromatic heterocycles. The molecular formula is C12H23NS. The van der Waals surface area contributed by atoms with Gasteiger partial charge < -0.3 is 5.32 Å². The SMILES string of the molecule is CC1CC2(CCNCC2C(C)C)CS1. The van der Waals surface area contributed by atoms with Crippen molar-refractivity contribution in [2.45, 2.75) is 38.9 Å². The fourth-order valence-electron chi connectivity index (χ4n) is 3.37. The number of nitrogens with one attached hydrogen (secondary N) is 1. The fourth-order valence-corrected chi connectivity index (χ4v) is 4.91. The summed E-state index contributed by atoms with van der Waals surface area (Å²) in [6, 6.07) is 0. The smallest absolute Gasteiger partial charge is 0.00246 e. The summed E-state index contributed by atoms with van der Waals surface area (Å²) in [5, 5.41) is 4.47. The lowest BCUT2D eigenvalue weighted by molar-refractivity contribution is 0.0934. The van der Waals surface area contributed by atoms with Crippen molar-refractivity contribution in [3.8, 4) is 0 Å². The number of rotatable bonds is 1. The first kappa shape index (κ1) is 10.8. The molecule has 1 nitrogen and oxygen atoms in total. The third-order valence-corrected chi connectivity index (χ3v) is 5.58. The maximum atomic E-state index is 3.57. The molecule has 82 valence electrons. The molecule has 3 unspecified atom stereocenters. The topological polar surface area (TPSA) is 12.0 Å². The van der Waals surface area contributed by atoms with Crippen LogP contribution in [0.3, 0.4) is 0 Å². The van der Waals surface area contributed by atoms with Crippen LogP contribution in [0.5, 0.6) is 0 Å². The first-order valence-electron chi connectivity index (χ1n) is 5.96. The van der Waals surface area contributed by atoms with Gasteiger partial charge in [-0.05, 0) is 48.9 Å². The molecule has 2 fully saturated rings. The zero-order chi connectivity index (χ0) is 10.2. The molecule has 0 aliphatic carbocycles. The molecule has 1 spiro atoms. The van der Waals surface area contributed by atoms with Crippen LogP contribution >= 0.6 is 11.8 Å². The van der Waals surface area contributed by atoms with Crippen LogP contribution in [0.25, 0.3) is 0 Å². The van der Waals surface area contributed by atoms with Crippen molar-refractivity contribution in [2.24, 2.45) is 17.3 Å². The lowest BCUT2D eigenvalue weighted by Crippen LogP contribution is -2.47. The molecule has 0 aromatic rings. The summed E-state index contributed by atoms with van der Waals surface area (Å²) in [6.45, 7) is 9.69. The third kappa shape index (κ3) is 1.83. The van der Waals surface area contributed by atoms with Gasteiger partial charge in [-0.25, -0.2) is 0 Å². The first-order valence-corrected chi connectivity index (χ1v) is 7.01. The largest absolute Gasteiger partial charge is 0.316 e. The van der Waals surface area contributed by atoms with E-state index in [4.69, 9.17) is 0 Å². The average Bonchev–Trinajstić information content (AvgIpc) is 2.48. The summed E-state index contributed by atoms with van der Waals surface area (Å²) >= 11 is 2.20. The second-order valence-corrected chi connectivity index (χ2v) is 6.92. The van der Waals surface area contributed by atoms with E-state index in [1.807, 2.05) is 0 Å². The van der Waals surface area contributed by atoms with Gasteiger partial charge in [-0.1, -0.05) is 20.8 Å². The predicted octanol–water partition coefficient (Wildman–Crippen LogP) is 2.76. The number of hydrogen-bond acceptors (Lipinski definition) is 2. The van der Waals surface area contributed by atoms with Gasteiger partial charge in [-0.2, -0.15) is 11.8 Å². The Hall–Kier alpha value is 0.310. The molecule has 2 heteroatoms. The van der Waals surface area contributed by atoms with E-state index >= 15 is 0 Å². The summed E-state index contributed by atoms with van der Waals surface area (Å²) in [5.41, 5.74) is 0.684. The predicted molar refractivity (Wildman–Crippen MR) is 64.8 cm³/mol. The minimum Gasteiger partial charge on any atom is -0.316 e. The second-order valence-electron chi connectivity index (χ2n) is 5.49. The highest BCUT2D eigenvalue weighted by Crippen LogP contribution is 2.51. The van der Waals surface area contributed by atoms with E-state index in [-0.39, 0.29) is 0 Å². The quantitative estimate of drug-likeness (QED) is 0.719. The van der Waals surface area contributed by atoms with Gasteiger partial charge in [0.25, 0.3) is 0 Å². The van der Waals surface area contributed by atoms with Gasteiger partial charge in [0.2, 0.25) is 0 Å². The molecule has 3 atom stereocenters. The van der Waals surface area contributed by atoms with Crippen molar-refractivity contribution in [1.29, 1.82) is 0 Å². The van der Waals surface area contributed by atoms with E-state index in [1.54, 1.807) is 0 Å². The molecule has 0 saturated carbocycles. The van der Waals surface area contributed by atoms with Gasteiger partial charge in [0.1, 0.15) is 0 Å². The van der Waals surface area contributed by atoms with Crippen molar-refractivity contribution < 1.29 is 0 Å². The Balaban J connectivity index is 2.13. The zero-order valence-electron chi connectivity index (χ0n) is 9.68. The van der Waals surface area contributed by atoms with Crippen LogP contribution in [-0.2, 0) is 0 Å². The van der Waals surface area contributed by atoms with E-state index in [1.165, 1.54) is 31.7 Å². The van der Waals surface area contributed by atoms with Crippen LogP contribution in [0.2, 0.25) is 0 Å². The summed E-state index contributed by atoms with van der Waals surface area (Å²) < 4.78 is 0. The van der Waals surface area contributed by atoms with Crippen LogP contribution in [0, 0.1) is 17.3 Å². The summed E-state index contributed by atoms with van der Waals surface area (Å²) in [6.07, 6.45) is 2.87. The maximum Gasteiger partial charge on any atom is 0.00246 e. The van der Waals surface area contributed by atoms with E-state index in [0.29, 0.717) is 5.41 Å². The lowest BCUT2D eigenvalue weighted by Gasteiger charge is -2.44. The minimum absolute atomic E-state index is 0.684. The highest BCUT2D eigenvalue weighted by atomic mass is 32.2. The molecule has 0 aromatic carbocycles. The minimum atomic E-state index is 0.684. The number of piperidine rings is 1. The van der Waals surface area contributed by atoms with Gasteiger partial charge in [-0.3, -0.25) is 0 Å². The van der Waals surface area contributed by atoms with Gasteiger partial charge >= 0.3 is 0 Å². The highest BCUT2D eigenvalue weighted by molar-refractivity contribution is 8.00. The van der Waals surface area contributed by atoms with Crippen molar-refractivity contribution >= 4 is 11.8 Å². The Morgan fingerprint density at radius 1 is 1.43 bits per heavy atom. The molecule has 0 amide bonds. The van der Waals surface area contributed by atoms with Gasteiger partial charge in [0.15, 0.2) is 0 Å². The second kappa shape index (κ2) is 4.05. The Morgan fingerprint density at radius 3 is 2.79 bits per heavy atom. The summed E-state index contributed by atoms with van der Waals surface area (Å²) in [5.74, 6) is 3.17. The molecule has 2 heterocycles. The molecule has 2 aliphatic rings. The molecule has 0 bridgehead atoms. The van der Waals surface area contributed by atoms with Crippen LogP contribution < -0.4 is 5.32 Å². The van der Waals surface area contributed by atoms with E-state index in [0.717, 1.165) is 17.1 Å². The van der Waals surface area contributed by atoms with Crippen LogP contribution in [0.15, 0.2) is 0 Å². The van der Waals surface area contributed by atoms with Crippen molar-refractivity contribution in [2.75, 3.05) is 18.8 Å². The van der Waals surface area contributed by atoms with Crippen molar-refractivity contribution in [3.63, 3.8) is 0 Å². The normalized spacial score (nSPS) is 43.7. The average molecular weight is 213 g/mol. The summed E-state index contributed by atoms with van der Waals surface area (Å²) in [7, 11) is 0. The molecule has 2 saturated heterocycles. The summed E-state index contributed by atoms with van der Waals surface area (Å²) in [4.78, 5) is 0. The monoisotopic (exact) mass is 213 g/mol. The maximum absolute atomic E-state index is 3.57. The lowest BCUT2D eigenvalue weighted by atomic mass is 9.65. The van der Waals surface area contributed by atoms with Gasteiger partial charge in [-0.15, -0.1) is 0 Å². The number of thioether (sulfide) groups is 1. The Bertz CT molecular complexity index is 200. The molecule has 1 N–H and O–H groups in total. The van der Waals surface area contributed by atoms with E-state index in [2.05, 4.69) is 37.8 Å². The van der Waals surface area contributed by atoms with Crippen molar-refractivity contribution in [3.05, 3.63) is 0 Å². The first-order chi connectivity index (χ1) is 6.64. The van der Waals surface area contributed by atoms with Gasteiger partial charge in [0, 0.05) is 5.25 Å². The highest BCUT2D eigenvalue weighted by Gasteiger charge is 2.46. The van der Waals surface area contributed by atoms with E-state index < -0.39 is 0 Å². The van der Waals surface area contributed by atoms with E-state index in [9.17, 15) is 0 Å². The van der Waals surface area contributed by atoms with Crippen molar-refractivity contribution in [1.82, 2.24) is 5.32 Å². The van der Waals surface area contributed by atoms with Crippen LogP contribution in [0.4, 0.5) is 0 Å². The molecule has 2 aliphatic heterocycles. The molecule has 14 heavy (non-hydrogen) atoms.